The molecule has 1 saturated carbocycles. The third-order valence-electron chi connectivity index (χ3n) is 3.27. The molecule has 0 saturated heterocycles. The van der Waals surface area contributed by atoms with Gasteiger partial charge in [-0.15, -0.1) is 0 Å². The monoisotopic (exact) mass is 249 g/mol. The van der Waals surface area contributed by atoms with Crippen molar-refractivity contribution in [3.05, 3.63) is 35.3 Å². The summed E-state index contributed by atoms with van der Waals surface area (Å²) in [5.41, 5.74) is 1.28. The number of ether oxygens (including phenoxy) is 1. The van der Waals surface area contributed by atoms with Crippen LogP contribution in [0.25, 0.3) is 11.0 Å². The van der Waals surface area contributed by atoms with Crippen molar-refractivity contribution in [2.75, 3.05) is 7.11 Å². The molecular formula is C14H16FNO2. The number of para-hydroxylation sites is 1. The van der Waals surface area contributed by atoms with Crippen LogP contribution in [0.1, 0.15) is 24.2 Å². The van der Waals surface area contributed by atoms with Crippen LogP contribution in [0.3, 0.4) is 0 Å². The quantitative estimate of drug-likeness (QED) is 0.884. The summed E-state index contributed by atoms with van der Waals surface area (Å²) in [6, 6.07) is 5.58. The number of benzene rings is 1. The molecule has 2 aromatic rings. The molecule has 0 amide bonds. The molecule has 0 radical (unpaired) electrons. The standard InChI is InChI=1S/C14H16FNO2/c1-17-8-11-10-3-2-4-12(15)14(10)18-13(11)7-16-9-5-6-9/h2-4,9,16H,5-8H2,1H3. The van der Waals surface area contributed by atoms with E-state index in [1.165, 1.54) is 18.9 Å². The van der Waals surface area contributed by atoms with Gasteiger partial charge in [-0.3, -0.25) is 0 Å². The van der Waals surface area contributed by atoms with Crippen molar-refractivity contribution >= 4 is 11.0 Å². The highest BCUT2D eigenvalue weighted by Crippen LogP contribution is 2.29. The van der Waals surface area contributed by atoms with E-state index in [0.717, 1.165) is 16.7 Å². The second-order valence-electron chi connectivity index (χ2n) is 4.71. The molecule has 1 heterocycles. The predicted octanol–water partition coefficient (Wildman–Crippen LogP) is 2.97. The number of hydrogen-bond donors (Lipinski definition) is 1. The fourth-order valence-corrected chi connectivity index (χ4v) is 2.16. The molecular weight excluding hydrogens is 233 g/mol. The van der Waals surface area contributed by atoms with E-state index in [9.17, 15) is 4.39 Å². The van der Waals surface area contributed by atoms with Crippen LogP contribution in [0.2, 0.25) is 0 Å². The molecule has 0 bridgehead atoms. The van der Waals surface area contributed by atoms with Crippen molar-refractivity contribution in [1.82, 2.24) is 5.32 Å². The Morgan fingerprint density at radius 1 is 1.44 bits per heavy atom. The molecule has 0 unspecified atom stereocenters. The zero-order chi connectivity index (χ0) is 12.5. The maximum absolute atomic E-state index is 13.7. The first kappa shape index (κ1) is 11.7. The normalized spacial score (nSPS) is 15.4. The topological polar surface area (TPSA) is 34.4 Å². The van der Waals surface area contributed by atoms with Gasteiger partial charge in [0.25, 0.3) is 0 Å². The van der Waals surface area contributed by atoms with Crippen LogP contribution in [0.5, 0.6) is 0 Å². The van der Waals surface area contributed by atoms with Gasteiger partial charge in [0.15, 0.2) is 11.4 Å². The number of halogens is 1. The lowest BCUT2D eigenvalue weighted by Crippen LogP contribution is -2.15. The van der Waals surface area contributed by atoms with E-state index in [1.807, 2.05) is 6.07 Å². The highest BCUT2D eigenvalue weighted by Gasteiger charge is 2.22. The fraction of sp³-hybridized carbons (Fsp3) is 0.429. The van der Waals surface area contributed by atoms with E-state index in [-0.39, 0.29) is 5.82 Å². The molecule has 1 aromatic heterocycles. The molecule has 18 heavy (non-hydrogen) atoms. The third kappa shape index (κ3) is 2.13. The van der Waals surface area contributed by atoms with Gasteiger partial charge in [-0.05, 0) is 18.9 Å². The maximum atomic E-state index is 13.7. The first-order valence-electron chi connectivity index (χ1n) is 6.20. The van der Waals surface area contributed by atoms with Gasteiger partial charge in [0, 0.05) is 24.1 Å². The van der Waals surface area contributed by atoms with Crippen molar-refractivity contribution in [3.63, 3.8) is 0 Å². The van der Waals surface area contributed by atoms with E-state index < -0.39 is 0 Å². The van der Waals surface area contributed by atoms with Gasteiger partial charge in [0.05, 0.1) is 13.2 Å². The van der Waals surface area contributed by atoms with Gasteiger partial charge in [0.1, 0.15) is 5.76 Å². The predicted molar refractivity (Wildman–Crippen MR) is 66.7 cm³/mol. The average Bonchev–Trinajstić information content (AvgIpc) is 3.12. The van der Waals surface area contributed by atoms with Crippen LogP contribution in [0.4, 0.5) is 4.39 Å². The number of methoxy groups -OCH3 is 1. The molecule has 3 rings (SSSR count). The molecule has 1 aliphatic carbocycles. The summed E-state index contributed by atoms with van der Waals surface area (Å²) in [6.45, 7) is 1.08. The molecule has 96 valence electrons. The number of rotatable bonds is 5. The van der Waals surface area contributed by atoms with Crippen LogP contribution in [0.15, 0.2) is 22.6 Å². The average molecular weight is 249 g/mol. The molecule has 4 heteroatoms. The van der Waals surface area contributed by atoms with E-state index in [0.29, 0.717) is 24.8 Å². The Hall–Kier alpha value is -1.39. The highest BCUT2D eigenvalue weighted by atomic mass is 19.1. The number of nitrogens with one attached hydrogen (secondary N) is 1. The minimum absolute atomic E-state index is 0.317. The Morgan fingerprint density at radius 3 is 3.00 bits per heavy atom. The van der Waals surface area contributed by atoms with Crippen molar-refractivity contribution in [2.24, 2.45) is 0 Å². The van der Waals surface area contributed by atoms with Crippen LogP contribution in [0, 0.1) is 5.82 Å². The molecule has 0 atom stereocenters. The van der Waals surface area contributed by atoms with Gasteiger partial charge in [-0.25, -0.2) is 4.39 Å². The smallest absolute Gasteiger partial charge is 0.170 e. The second kappa shape index (κ2) is 4.71. The summed E-state index contributed by atoms with van der Waals surface area (Å²) in [7, 11) is 1.64. The first-order chi connectivity index (χ1) is 8.79. The Labute approximate surface area is 105 Å². The van der Waals surface area contributed by atoms with Crippen LogP contribution >= 0.6 is 0 Å². The largest absolute Gasteiger partial charge is 0.456 e. The lowest BCUT2D eigenvalue weighted by molar-refractivity contribution is 0.183. The van der Waals surface area contributed by atoms with Crippen LogP contribution in [-0.4, -0.2) is 13.2 Å². The third-order valence-corrected chi connectivity index (χ3v) is 3.27. The summed E-state index contributed by atoms with van der Waals surface area (Å²) in [5.74, 6) is 0.464. The summed E-state index contributed by atoms with van der Waals surface area (Å²) >= 11 is 0. The SMILES string of the molecule is COCc1c(CNC2CC2)oc2c(F)cccc12. The van der Waals surface area contributed by atoms with Gasteiger partial charge in [-0.2, -0.15) is 0 Å². The van der Waals surface area contributed by atoms with Gasteiger partial charge in [0.2, 0.25) is 0 Å². The van der Waals surface area contributed by atoms with Crippen LogP contribution in [-0.2, 0) is 17.9 Å². The zero-order valence-electron chi connectivity index (χ0n) is 10.3. The van der Waals surface area contributed by atoms with E-state index >= 15 is 0 Å². The zero-order valence-corrected chi connectivity index (χ0v) is 10.3. The molecule has 0 spiro atoms. The van der Waals surface area contributed by atoms with Gasteiger partial charge >= 0.3 is 0 Å². The Bertz CT molecular complexity index is 560. The van der Waals surface area contributed by atoms with E-state index in [2.05, 4.69) is 5.32 Å². The fourth-order valence-electron chi connectivity index (χ4n) is 2.16. The molecule has 0 aliphatic heterocycles. The lowest BCUT2D eigenvalue weighted by atomic mass is 10.1. The van der Waals surface area contributed by atoms with Crippen LogP contribution < -0.4 is 5.32 Å². The van der Waals surface area contributed by atoms with Crippen molar-refractivity contribution in [1.29, 1.82) is 0 Å². The summed E-state index contributed by atoms with van der Waals surface area (Å²) < 4.78 is 24.5. The Kier molecular flexibility index (Phi) is 3.06. The summed E-state index contributed by atoms with van der Waals surface area (Å²) in [5, 5.41) is 4.19. The highest BCUT2D eigenvalue weighted by molar-refractivity contribution is 5.82. The molecule has 1 fully saturated rings. The molecule has 1 aromatic carbocycles. The van der Waals surface area contributed by atoms with E-state index in [1.54, 1.807) is 13.2 Å². The van der Waals surface area contributed by atoms with Crippen molar-refractivity contribution in [2.45, 2.75) is 32.0 Å². The summed E-state index contributed by atoms with van der Waals surface area (Å²) in [6.07, 6.45) is 2.43. The number of fused-ring (bicyclic) bond motifs is 1. The lowest BCUT2D eigenvalue weighted by Gasteiger charge is -2.03. The number of furan rings is 1. The van der Waals surface area contributed by atoms with Gasteiger partial charge in [-0.1, -0.05) is 12.1 Å². The number of hydrogen-bond acceptors (Lipinski definition) is 3. The Morgan fingerprint density at radius 2 is 2.28 bits per heavy atom. The van der Waals surface area contributed by atoms with E-state index in [4.69, 9.17) is 9.15 Å². The minimum Gasteiger partial charge on any atom is -0.456 e. The molecule has 1 aliphatic rings. The minimum atomic E-state index is -0.317. The molecule has 1 N–H and O–H groups in total. The second-order valence-corrected chi connectivity index (χ2v) is 4.71. The van der Waals surface area contributed by atoms with Crippen molar-refractivity contribution < 1.29 is 13.5 Å². The summed E-state index contributed by atoms with van der Waals surface area (Å²) in [4.78, 5) is 0. The maximum Gasteiger partial charge on any atom is 0.170 e. The van der Waals surface area contributed by atoms with Gasteiger partial charge < -0.3 is 14.5 Å². The first-order valence-corrected chi connectivity index (χ1v) is 6.20. The Balaban J connectivity index is 1.98. The van der Waals surface area contributed by atoms with Crippen molar-refractivity contribution in [3.8, 4) is 0 Å². The molecule has 3 nitrogen and oxygen atoms in total.